The van der Waals surface area contributed by atoms with Gasteiger partial charge in [-0.3, -0.25) is 15.0 Å². The van der Waals surface area contributed by atoms with Crippen LogP contribution in [-0.2, 0) is 9.84 Å². The number of sulfone groups is 1. The largest absolute Gasteiger partial charge is 0.321 e. The highest BCUT2D eigenvalue weighted by Crippen LogP contribution is 2.17. The number of hydrogen-bond donors (Lipinski definition) is 2. The molecule has 0 aliphatic carbocycles. The Morgan fingerprint density at radius 2 is 1.46 bits per heavy atom. The van der Waals surface area contributed by atoms with E-state index in [0.717, 1.165) is 0 Å². The van der Waals surface area contributed by atoms with Crippen molar-refractivity contribution >= 4 is 27.3 Å². The van der Waals surface area contributed by atoms with Crippen molar-refractivity contribution in [2.75, 3.05) is 29.9 Å². The Bertz CT molecular complexity index is 899. The molecule has 3 rings (SSSR count). The predicted molar refractivity (Wildman–Crippen MR) is 98.5 cm³/mol. The molecule has 0 saturated carbocycles. The Kier molecular flexibility index (Phi) is 5.34. The maximum Gasteiger partial charge on any atom is 0.267 e. The average molecular weight is 373 g/mol. The lowest BCUT2D eigenvalue weighted by atomic mass is 10.1. The third-order valence-electron chi connectivity index (χ3n) is 4.06. The summed E-state index contributed by atoms with van der Waals surface area (Å²) < 4.78 is 23.0. The van der Waals surface area contributed by atoms with Crippen molar-refractivity contribution in [3.8, 4) is 0 Å². The van der Waals surface area contributed by atoms with Gasteiger partial charge in [-0.15, -0.1) is 0 Å². The molecule has 136 valence electrons. The average Bonchev–Trinajstić information content (AvgIpc) is 2.64. The van der Waals surface area contributed by atoms with E-state index in [1.165, 1.54) is 0 Å². The highest BCUT2D eigenvalue weighted by atomic mass is 32.2. The molecule has 0 unspecified atom stereocenters. The van der Waals surface area contributed by atoms with Crippen LogP contribution in [0, 0.1) is 0 Å². The van der Waals surface area contributed by atoms with Gasteiger partial charge in [-0.2, -0.15) is 0 Å². The first kappa shape index (κ1) is 18.1. The molecule has 26 heavy (non-hydrogen) atoms. The molecule has 2 N–H and O–H groups in total. The van der Waals surface area contributed by atoms with E-state index in [-0.39, 0.29) is 30.5 Å². The molecular formula is C18H19N3O4S. The fraction of sp³-hybridized carbons (Fsp3) is 0.222. The number of nitrogens with one attached hydrogen (secondary N) is 2. The molecule has 0 radical (unpaired) electrons. The summed E-state index contributed by atoms with van der Waals surface area (Å²) in [5.41, 5.74) is 3.90. The first-order valence-electron chi connectivity index (χ1n) is 8.16. The Balaban J connectivity index is 1.70. The molecule has 1 saturated heterocycles. The maximum atomic E-state index is 12.6. The summed E-state index contributed by atoms with van der Waals surface area (Å²) in [6.07, 6.45) is 0. The van der Waals surface area contributed by atoms with Crippen LogP contribution in [-0.4, -0.2) is 49.8 Å². The van der Waals surface area contributed by atoms with E-state index in [4.69, 9.17) is 0 Å². The minimum atomic E-state index is -3.02. The minimum absolute atomic E-state index is 0.0136. The lowest BCUT2D eigenvalue weighted by Gasteiger charge is -2.27. The zero-order valence-electron chi connectivity index (χ0n) is 14.0. The second-order valence-corrected chi connectivity index (χ2v) is 8.25. The van der Waals surface area contributed by atoms with Crippen LogP contribution in [0.4, 0.5) is 5.69 Å². The van der Waals surface area contributed by atoms with Gasteiger partial charge in [0.2, 0.25) is 0 Å². The minimum Gasteiger partial charge on any atom is -0.321 e. The van der Waals surface area contributed by atoms with Crippen molar-refractivity contribution < 1.29 is 18.0 Å². The summed E-state index contributed by atoms with van der Waals surface area (Å²) in [6.45, 7) is 0.485. The van der Waals surface area contributed by atoms with Crippen LogP contribution in [0.1, 0.15) is 20.7 Å². The lowest BCUT2D eigenvalue weighted by Crippen LogP contribution is -2.50. The van der Waals surface area contributed by atoms with E-state index in [0.29, 0.717) is 16.8 Å². The van der Waals surface area contributed by atoms with Gasteiger partial charge < -0.3 is 5.32 Å². The van der Waals surface area contributed by atoms with Gasteiger partial charge >= 0.3 is 0 Å². The van der Waals surface area contributed by atoms with Gasteiger partial charge in [0.1, 0.15) is 0 Å². The number of amides is 2. The number of nitrogens with zero attached hydrogens (tertiary/aromatic N) is 1. The number of para-hydroxylation sites is 1. The van der Waals surface area contributed by atoms with Crippen molar-refractivity contribution in [3.63, 3.8) is 0 Å². The van der Waals surface area contributed by atoms with Crippen molar-refractivity contribution in [3.05, 3.63) is 65.7 Å². The van der Waals surface area contributed by atoms with Crippen LogP contribution in [0.3, 0.4) is 0 Å². The molecule has 1 aliphatic heterocycles. The highest BCUT2D eigenvalue weighted by Gasteiger charge is 2.23. The fourth-order valence-corrected chi connectivity index (χ4v) is 3.80. The summed E-state index contributed by atoms with van der Waals surface area (Å²) in [7, 11) is -3.02. The number of hydrazine groups is 1. The molecule has 2 aromatic rings. The number of anilines is 1. The zero-order valence-corrected chi connectivity index (χ0v) is 14.8. The smallest absolute Gasteiger partial charge is 0.267 e. The normalized spacial score (nSPS) is 16.6. The first-order valence-corrected chi connectivity index (χ1v) is 9.98. The van der Waals surface area contributed by atoms with E-state index in [1.807, 2.05) is 6.07 Å². The number of carbonyl (C=O) groups is 2. The Labute approximate surface area is 151 Å². The maximum absolute atomic E-state index is 12.6. The van der Waals surface area contributed by atoms with E-state index >= 15 is 0 Å². The van der Waals surface area contributed by atoms with Crippen molar-refractivity contribution in [1.29, 1.82) is 0 Å². The fourth-order valence-electron chi connectivity index (χ4n) is 2.60. The topological polar surface area (TPSA) is 95.6 Å². The van der Waals surface area contributed by atoms with Crippen LogP contribution >= 0.6 is 0 Å². The molecule has 0 aromatic heterocycles. The lowest BCUT2D eigenvalue weighted by molar-refractivity contribution is 0.0803. The second-order valence-electron chi connectivity index (χ2n) is 5.95. The van der Waals surface area contributed by atoms with Crippen LogP contribution in [0.2, 0.25) is 0 Å². The molecule has 1 heterocycles. The van der Waals surface area contributed by atoms with Crippen LogP contribution in [0.15, 0.2) is 54.6 Å². The number of benzene rings is 2. The Hall–Kier alpha value is -2.71. The summed E-state index contributed by atoms with van der Waals surface area (Å²) in [6, 6.07) is 15.4. The second kappa shape index (κ2) is 7.67. The molecular weight excluding hydrogens is 354 g/mol. The van der Waals surface area contributed by atoms with E-state index in [2.05, 4.69) is 10.7 Å². The summed E-state index contributed by atoms with van der Waals surface area (Å²) >= 11 is 0. The van der Waals surface area contributed by atoms with Gasteiger partial charge in [-0.1, -0.05) is 30.3 Å². The molecule has 7 nitrogen and oxygen atoms in total. The van der Waals surface area contributed by atoms with Gasteiger partial charge in [0.15, 0.2) is 9.84 Å². The van der Waals surface area contributed by atoms with E-state index in [1.54, 1.807) is 53.5 Å². The van der Waals surface area contributed by atoms with Crippen LogP contribution < -0.4 is 10.7 Å². The summed E-state index contributed by atoms with van der Waals surface area (Å²) in [4.78, 5) is 24.9. The Morgan fingerprint density at radius 3 is 2.15 bits per heavy atom. The number of rotatable bonds is 4. The molecule has 2 amide bonds. The van der Waals surface area contributed by atoms with Gasteiger partial charge in [-0.25, -0.2) is 13.4 Å². The van der Waals surface area contributed by atoms with Crippen LogP contribution in [0.25, 0.3) is 0 Å². The molecule has 2 aromatic carbocycles. The van der Waals surface area contributed by atoms with Crippen molar-refractivity contribution in [1.82, 2.24) is 10.4 Å². The summed E-state index contributed by atoms with van der Waals surface area (Å²) in [5, 5.41) is 4.33. The molecule has 1 fully saturated rings. The van der Waals surface area contributed by atoms with Gasteiger partial charge in [0.25, 0.3) is 11.8 Å². The Morgan fingerprint density at radius 1 is 0.846 bits per heavy atom. The zero-order chi connectivity index (χ0) is 18.6. The first-order chi connectivity index (χ1) is 12.4. The van der Waals surface area contributed by atoms with Crippen molar-refractivity contribution in [2.24, 2.45) is 0 Å². The SMILES string of the molecule is O=C(Nc1ccccc1C(=O)NN1CCS(=O)(=O)CC1)c1ccccc1. The predicted octanol–water partition coefficient (Wildman–Crippen LogP) is 1.31. The number of hydrogen-bond acceptors (Lipinski definition) is 5. The molecule has 0 bridgehead atoms. The van der Waals surface area contributed by atoms with E-state index < -0.39 is 15.7 Å². The van der Waals surface area contributed by atoms with Gasteiger partial charge in [0.05, 0.1) is 22.8 Å². The highest BCUT2D eigenvalue weighted by molar-refractivity contribution is 7.91. The monoisotopic (exact) mass is 373 g/mol. The van der Waals surface area contributed by atoms with Gasteiger partial charge in [-0.05, 0) is 24.3 Å². The standard InChI is InChI=1S/C18H19N3O4S/c22-17(14-6-2-1-3-7-14)19-16-9-5-4-8-15(16)18(23)20-21-10-12-26(24,25)13-11-21/h1-9H,10-13H2,(H,19,22)(H,20,23). The molecule has 1 aliphatic rings. The van der Waals surface area contributed by atoms with Crippen molar-refractivity contribution in [2.45, 2.75) is 0 Å². The molecule has 0 spiro atoms. The molecule has 8 heteroatoms. The third-order valence-corrected chi connectivity index (χ3v) is 5.67. The summed E-state index contributed by atoms with van der Waals surface area (Å²) in [5.74, 6) is -0.678. The number of carbonyl (C=O) groups excluding carboxylic acids is 2. The quantitative estimate of drug-likeness (QED) is 0.843. The van der Waals surface area contributed by atoms with Gasteiger partial charge in [0, 0.05) is 18.7 Å². The van der Waals surface area contributed by atoms with E-state index in [9.17, 15) is 18.0 Å². The molecule has 0 atom stereocenters. The van der Waals surface area contributed by atoms with Crippen LogP contribution in [0.5, 0.6) is 0 Å². The third kappa shape index (κ3) is 4.47.